The van der Waals surface area contributed by atoms with Gasteiger partial charge in [-0.2, -0.15) is 0 Å². The van der Waals surface area contributed by atoms with E-state index in [0.717, 1.165) is 0 Å². The number of benzene rings is 1. The number of aliphatic carboxylic acids is 1. The minimum atomic E-state index is -1.45. The van der Waals surface area contributed by atoms with Gasteiger partial charge < -0.3 is 20.3 Å². The molecule has 0 amide bonds. The fraction of sp³-hybridized carbons (Fsp3) is 0.500. The smallest absolute Gasteiger partial charge is 0.328 e. The van der Waals surface area contributed by atoms with Crippen LogP contribution < -0.4 is 15.2 Å². The van der Waals surface area contributed by atoms with E-state index >= 15 is 0 Å². The lowest BCUT2D eigenvalue weighted by atomic mass is 9.78. The van der Waals surface area contributed by atoms with E-state index in [2.05, 4.69) is 0 Å². The van der Waals surface area contributed by atoms with E-state index in [0.29, 0.717) is 23.7 Å². The van der Waals surface area contributed by atoms with Crippen molar-refractivity contribution >= 4 is 5.97 Å². The van der Waals surface area contributed by atoms with Gasteiger partial charge in [0.15, 0.2) is 0 Å². The van der Waals surface area contributed by atoms with Gasteiger partial charge in [-0.1, -0.05) is 0 Å². The number of carbonyl (C=O) groups is 1. The first-order chi connectivity index (χ1) is 8.78. The van der Waals surface area contributed by atoms with E-state index in [1.807, 2.05) is 20.8 Å². The number of fused-ring (bicyclic) bond motifs is 1. The molecule has 1 aliphatic rings. The molecule has 5 nitrogen and oxygen atoms in total. The Labute approximate surface area is 112 Å². The molecule has 5 heteroatoms. The van der Waals surface area contributed by atoms with Crippen molar-refractivity contribution in [2.75, 3.05) is 6.61 Å². The summed E-state index contributed by atoms with van der Waals surface area (Å²) in [6, 6.07) is 5.12. The number of carboxylic acid groups (broad SMARTS) is 1. The Morgan fingerprint density at radius 1 is 1.53 bits per heavy atom. The zero-order chi connectivity index (χ0) is 14.3. The highest BCUT2D eigenvalue weighted by atomic mass is 16.5. The first-order valence-electron chi connectivity index (χ1n) is 6.27. The van der Waals surface area contributed by atoms with Gasteiger partial charge >= 0.3 is 5.97 Å². The molecule has 1 aromatic carbocycles. The molecule has 2 rings (SSSR count). The molecule has 1 aliphatic heterocycles. The number of ether oxygens (including phenoxy) is 2. The quantitative estimate of drug-likeness (QED) is 0.872. The van der Waals surface area contributed by atoms with E-state index < -0.39 is 17.1 Å². The molecular formula is C14H19NO4. The van der Waals surface area contributed by atoms with Gasteiger partial charge in [0, 0.05) is 12.0 Å². The first kappa shape index (κ1) is 13.7. The summed E-state index contributed by atoms with van der Waals surface area (Å²) < 4.78 is 11.2. The molecule has 1 atom stereocenters. The second-order valence-corrected chi connectivity index (χ2v) is 5.41. The summed E-state index contributed by atoms with van der Waals surface area (Å²) in [7, 11) is 0. The average molecular weight is 265 g/mol. The Bertz CT molecular complexity index is 512. The Hall–Kier alpha value is -1.75. The SMILES string of the molecule is CCOc1ccc2c(c1)C(N)(C(=O)O)CC(C)(C)O2. The van der Waals surface area contributed by atoms with Crippen LogP contribution in [-0.4, -0.2) is 23.3 Å². The second-order valence-electron chi connectivity index (χ2n) is 5.41. The Morgan fingerprint density at radius 2 is 2.21 bits per heavy atom. The van der Waals surface area contributed by atoms with E-state index in [4.69, 9.17) is 15.2 Å². The summed E-state index contributed by atoms with van der Waals surface area (Å²) >= 11 is 0. The summed E-state index contributed by atoms with van der Waals surface area (Å²) in [6.45, 7) is 6.04. The monoisotopic (exact) mass is 265 g/mol. The van der Waals surface area contributed by atoms with Crippen molar-refractivity contribution in [2.24, 2.45) is 5.73 Å². The molecule has 1 heterocycles. The minimum Gasteiger partial charge on any atom is -0.494 e. The zero-order valence-electron chi connectivity index (χ0n) is 11.4. The fourth-order valence-corrected chi connectivity index (χ4v) is 2.49. The van der Waals surface area contributed by atoms with Crippen LogP contribution in [0.15, 0.2) is 18.2 Å². The van der Waals surface area contributed by atoms with Gasteiger partial charge in [-0.25, -0.2) is 4.79 Å². The largest absolute Gasteiger partial charge is 0.494 e. The summed E-state index contributed by atoms with van der Waals surface area (Å²) in [4.78, 5) is 11.6. The van der Waals surface area contributed by atoms with Crippen LogP contribution in [0.2, 0.25) is 0 Å². The normalized spacial score (nSPS) is 24.2. The molecule has 0 saturated carbocycles. The number of carboxylic acids is 1. The first-order valence-corrected chi connectivity index (χ1v) is 6.27. The van der Waals surface area contributed by atoms with Crippen LogP contribution in [0.25, 0.3) is 0 Å². The van der Waals surface area contributed by atoms with Crippen molar-refractivity contribution in [1.82, 2.24) is 0 Å². The predicted molar refractivity (Wildman–Crippen MR) is 70.4 cm³/mol. The Balaban J connectivity index is 2.55. The molecule has 0 aromatic heterocycles. The van der Waals surface area contributed by atoms with Crippen molar-refractivity contribution in [1.29, 1.82) is 0 Å². The third kappa shape index (κ3) is 2.38. The van der Waals surface area contributed by atoms with E-state index in [9.17, 15) is 9.90 Å². The zero-order valence-corrected chi connectivity index (χ0v) is 11.4. The van der Waals surface area contributed by atoms with Crippen LogP contribution in [0.3, 0.4) is 0 Å². The molecule has 19 heavy (non-hydrogen) atoms. The molecule has 3 N–H and O–H groups in total. The van der Waals surface area contributed by atoms with Crippen molar-refractivity contribution in [2.45, 2.75) is 38.3 Å². The molecule has 0 spiro atoms. The molecular weight excluding hydrogens is 246 g/mol. The van der Waals surface area contributed by atoms with E-state index in [-0.39, 0.29) is 6.42 Å². The van der Waals surface area contributed by atoms with E-state index in [1.54, 1.807) is 18.2 Å². The van der Waals surface area contributed by atoms with Crippen molar-refractivity contribution < 1.29 is 19.4 Å². The van der Waals surface area contributed by atoms with Gasteiger partial charge in [-0.05, 0) is 39.0 Å². The lowest BCUT2D eigenvalue weighted by molar-refractivity contribution is -0.147. The second kappa shape index (κ2) is 4.42. The van der Waals surface area contributed by atoms with Gasteiger partial charge in [0.1, 0.15) is 22.6 Å². The topological polar surface area (TPSA) is 81.8 Å². The molecule has 0 aliphatic carbocycles. The Kier molecular flexibility index (Phi) is 3.18. The Morgan fingerprint density at radius 3 is 2.79 bits per heavy atom. The lowest BCUT2D eigenvalue weighted by Crippen LogP contribution is -2.54. The van der Waals surface area contributed by atoms with Gasteiger partial charge in [0.25, 0.3) is 0 Å². The third-order valence-electron chi connectivity index (χ3n) is 3.22. The fourth-order valence-electron chi connectivity index (χ4n) is 2.49. The van der Waals surface area contributed by atoms with Crippen LogP contribution in [0, 0.1) is 0 Å². The highest BCUT2D eigenvalue weighted by Gasteiger charge is 2.48. The maximum Gasteiger partial charge on any atom is 0.328 e. The van der Waals surface area contributed by atoms with Crippen LogP contribution in [0.5, 0.6) is 11.5 Å². The van der Waals surface area contributed by atoms with Crippen molar-refractivity contribution in [3.8, 4) is 11.5 Å². The van der Waals surface area contributed by atoms with Gasteiger partial charge in [0.05, 0.1) is 6.61 Å². The van der Waals surface area contributed by atoms with Crippen LogP contribution >= 0.6 is 0 Å². The van der Waals surface area contributed by atoms with Crippen molar-refractivity contribution in [3.63, 3.8) is 0 Å². The van der Waals surface area contributed by atoms with Gasteiger partial charge in [-0.3, -0.25) is 0 Å². The maximum atomic E-state index is 11.6. The summed E-state index contributed by atoms with van der Waals surface area (Å²) in [5, 5.41) is 9.48. The number of hydrogen-bond donors (Lipinski definition) is 2. The van der Waals surface area contributed by atoms with Gasteiger partial charge in [-0.15, -0.1) is 0 Å². The van der Waals surface area contributed by atoms with Gasteiger partial charge in [0.2, 0.25) is 0 Å². The maximum absolute atomic E-state index is 11.6. The van der Waals surface area contributed by atoms with Crippen LogP contribution in [0.1, 0.15) is 32.8 Å². The summed E-state index contributed by atoms with van der Waals surface area (Å²) in [5.41, 5.74) is 4.51. The predicted octanol–water partition coefficient (Wildman–Crippen LogP) is 1.88. The summed E-state index contributed by atoms with van der Waals surface area (Å²) in [6.07, 6.45) is 0.206. The molecule has 104 valence electrons. The van der Waals surface area contributed by atoms with Crippen molar-refractivity contribution in [3.05, 3.63) is 23.8 Å². The highest BCUT2D eigenvalue weighted by molar-refractivity contribution is 5.82. The molecule has 0 bridgehead atoms. The molecule has 0 radical (unpaired) electrons. The number of rotatable bonds is 3. The molecule has 1 aromatic rings. The lowest BCUT2D eigenvalue weighted by Gasteiger charge is -2.41. The molecule has 0 saturated heterocycles. The van der Waals surface area contributed by atoms with Crippen LogP contribution in [0.4, 0.5) is 0 Å². The molecule has 1 unspecified atom stereocenters. The summed E-state index contributed by atoms with van der Waals surface area (Å²) in [5.74, 6) is 0.0454. The van der Waals surface area contributed by atoms with Crippen LogP contribution in [-0.2, 0) is 10.3 Å². The number of hydrogen-bond acceptors (Lipinski definition) is 4. The number of nitrogens with two attached hydrogens (primary N) is 1. The minimum absolute atomic E-state index is 0.206. The highest BCUT2D eigenvalue weighted by Crippen LogP contribution is 2.43. The van der Waals surface area contributed by atoms with E-state index in [1.165, 1.54) is 0 Å². The standard InChI is InChI=1S/C14H19NO4/c1-4-18-9-5-6-11-10(7-9)14(15,12(16)17)8-13(2,3)19-11/h5-7H,4,8,15H2,1-3H3,(H,16,17). The third-order valence-corrected chi connectivity index (χ3v) is 3.22. The average Bonchev–Trinajstić information content (AvgIpc) is 2.29. The molecule has 0 fully saturated rings.